The van der Waals surface area contributed by atoms with E-state index in [1.807, 2.05) is 24.3 Å². The Morgan fingerprint density at radius 1 is 1.32 bits per heavy atom. The maximum atomic E-state index is 12.4. The Balaban J connectivity index is 1.57. The van der Waals surface area contributed by atoms with E-state index in [1.54, 1.807) is 4.68 Å². The average Bonchev–Trinajstić information content (AvgIpc) is 2.99. The lowest BCUT2D eigenvalue weighted by Gasteiger charge is -2.46. The number of nitrogens with zero attached hydrogens (tertiary/aromatic N) is 4. The Hall–Kier alpha value is -1.44. The summed E-state index contributed by atoms with van der Waals surface area (Å²) in [6, 6.07) is 0.0558. The number of amides is 1. The second-order valence-electron chi connectivity index (χ2n) is 7.64. The number of piperazine rings is 1. The molecular formula is C18H31N5O2. The number of nitrogens with one attached hydrogen (secondary N) is 1. The molecule has 1 aromatic heterocycles. The molecule has 1 aliphatic heterocycles. The molecular weight excluding hydrogens is 318 g/mol. The van der Waals surface area contributed by atoms with Crippen molar-refractivity contribution in [3.63, 3.8) is 0 Å². The Labute approximate surface area is 150 Å². The van der Waals surface area contributed by atoms with E-state index in [1.165, 1.54) is 0 Å². The van der Waals surface area contributed by atoms with Gasteiger partial charge < -0.3 is 20.2 Å². The number of carbonyl (C=O) groups excluding carboxylic acids is 1. The summed E-state index contributed by atoms with van der Waals surface area (Å²) in [5, 5.41) is 17.8. The second kappa shape index (κ2) is 7.85. The molecule has 2 fully saturated rings. The maximum absolute atomic E-state index is 12.4. The van der Waals surface area contributed by atoms with Crippen molar-refractivity contribution in [1.29, 1.82) is 0 Å². The van der Waals surface area contributed by atoms with Gasteiger partial charge in [0.2, 0.25) is 5.91 Å². The SMILES string of the molecule is CN1CCN(C(=O)CCNC(c2cnn(C)c2)C2(CO)CCC2)CC1. The van der Waals surface area contributed by atoms with Crippen LogP contribution >= 0.6 is 0 Å². The van der Waals surface area contributed by atoms with Crippen molar-refractivity contribution in [2.75, 3.05) is 46.4 Å². The highest BCUT2D eigenvalue weighted by Gasteiger charge is 2.44. The number of aryl methyl sites for hydroxylation is 1. The Bertz CT molecular complexity index is 570. The summed E-state index contributed by atoms with van der Waals surface area (Å²) in [4.78, 5) is 16.6. The summed E-state index contributed by atoms with van der Waals surface area (Å²) in [7, 11) is 4.00. The number of hydrogen-bond donors (Lipinski definition) is 2. The fourth-order valence-electron chi connectivity index (χ4n) is 3.98. The highest BCUT2D eigenvalue weighted by molar-refractivity contribution is 5.76. The van der Waals surface area contributed by atoms with E-state index in [9.17, 15) is 9.90 Å². The van der Waals surface area contributed by atoms with Crippen molar-refractivity contribution >= 4 is 5.91 Å². The predicted octanol–water partition coefficient (Wildman–Crippen LogP) is 0.378. The first-order valence-corrected chi connectivity index (χ1v) is 9.33. The topological polar surface area (TPSA) is 73.6 Å². The normalized spacial score (nSPS) is 21.8. The quantitative estimate of drug-likeness (QED) is 0.744. The third kappa shape index (κ3) is 4.04. The lowest BCUT2D eigenvalue weighted by molar-refractivity contribution is -0.132. The molecule has 1 unspecified atom stereocenters. The Kier molecular flexibility index (Phi) is 5.76. The number of carbonyl (C=O) groups is 1. The van der Waals surface area contributed by atoms with Crippen LogP contribution in [0.3, 0.4) is 0 Å². The summed E-state index contributed by atoms with van der Waals surface area (Å²) in [5.74, 6) is 0.220. The summed E-state index contributed by atoms with van der Waals surface area (Å²) in [6.45, 7) is 4.35. The smallest absolute Gasteiger partial charge is 0.223 e. The molecule has 2 aliphatic rings. The summed E-state index contributed by atoms with van der Waals surface area (Å²) in [6.07, 6.45) is 7.57. The molecule has 2 N–H and O–H groups in total. The predicted molar refractivity (Wildman–Crippen MR) is 96.0 cm³/mol. The van der Waals surface area contributed by atoms with Gasteiger partial charge >= 0.3 is 0 Å². The fraction of sp³-hybridized carbons (Fsp3) is 0.778. The Morgan fingerprint density at radius 3 is 2.56 bits per heavy atom. The summed E-state index contributed by atoms with van der Waals surface area (Å²) < 4.78 is 1.79. The van der Waals surface area contributed by atoms with Crippen LogP contribution in [0.1, 0.15) is 37.3 Å². The molecule has 2 heterocycles. The van der Waals surface area contributed by atoms with Gasteiger partial charge in [0.15, 0.2) is 0 Å². The van der Waals surface area contributed by atoms with E-state index in [0.717, 1.165) is 51.0 Å². The zero-order chi connectivity index (χ0) is 17.9. The summed E-state index contributed by atoms with van der Waals surface area (Å²) >= 11 is 0. The van der Waals surface area contributed by atoms with Gasteiger partial charge in [0, 0.05) is 69.4 Å². The highest BCUT2D eigenvalue weighted by atomic mass is 16.3. The first-order chi connectivity index (χ1) is 12.0. The standard InChI is InChI=1S/C18H31N5O2/c1-21-8-10-23(11-9-21)16(25)4-7-19-17(15-12-20-22(2)13-15)18(14-24)5-3-6-18/h12-13,17,19,24H,3-11,14H2,1-2H3. The molecule has 1 amide bonds. The van der Waals surface area contributed by atoms with E-state index >= 15 is 0 Å². The molecule has 0 radical (unpaired) electrons. The van der Waals surface area contributed by atoms with Gasteiger partial charge in [0.05, 0.1) is 12.8 Å². The van der Waals surface area contributed by atoms with Gasteiger partial charge in [-0.05, 0) is 19.9 Å². The highest BCUT2D eigenvalue weighted by Crippen LogP contribution is 2.49. The van der Waals surface area contributed by atoms with Crippen molar-refractivity contribution in [3.05, 3.63) is 18.0 Å². The van der Waals surface area contributed by atoms with E-state index in [-0.39, 0.29) is 24.0 Å². The van der Waals surface area contributed by atoms with Gasteiger partial charge in [0.25, 0.3) is 0 Å². The zero-order valence-electron chi connectivity index (χ0n) is 15.4. The number of rotatable bonds is 7. The van der Waals surface area contributed by atoms with Crippen molar-refractivity contribution in [2.24, 2.45) is 12.5 Å². The van der Waals surface area contributed by atoms with Gasteiger partial charge in [-0.15, -0.1) is 0 Å². The van der Waals surface area contributed by atoms with Crippen LogP contribution in [0.2, 0.25) is 0 Å². The van der Waals surface area contributed by atoms with Crippen LogP contribution in [-0.4, -0.2) is 77.0 Å². The van der Waals surface area contributed by atoms with Crippen molar-refractivity contribution in [2.45, 2.75) is 31.7 Å². The minimum atomic E-state index is -0.111. The van der Waals surface area contributed by atoms with E-state index in [2.05, 4.69) is 22.4 Å². The third-order valence-corrected chi connectivity index (χ3v) is 5.88. The molecule has 3 rings (SSSR count). The van der Waals surface area contributed by atoms with Gasteiger partial charge in [-0.25, -0.2) is 0 Å². The molecule has 25 heavy (non-hydrogen) atoms. The molecule has 0 bridgehead atoms. The van der Waals surface area contributed by atoms with E-state index in [4.69, 9.17) is 0 Å². The largest absolute Gasteiger partial charge is 0.396 e. The lowest BCUT2D eigenvalue weighted by Crippen LogP contribution is -2.49. The van der Waals surface area contributed by atoms with Crippen LogP contribution in [0.4, 0.5) is 0 Å². The fourth-order valence-corrected chi connectivity index (χ4v) is 3.98. The number of aliphatic hydroxyl groups is 1. The molecule has 0 aromatic carbocycles. The number of aliphatic hydroxyl groups excluding tert-OH is 1. The van der Waals surface area contributed by atoms with E-state index < -0.39 is 0 Å². The first-order valence-electron chi connectivity index (χ1n) is 9.33. The molecule has 1 atom stereocenters. The Morgan fingerprint density at radius 2 is 2.04 bits per heavy atom. The monoisotopic (exact) mass is 349 g/mol. The van der Waals surface area contributed by atoms with Crippen LogP contribution < -0.4 is 5.32 Å². The van der Waals surface area contributed by atoms with Crippen molar-refractivity contribution < 1.29 is 9.90 Å². The van der Waals surface area contributed by atoms with Gasteiger partial charge in [-0.3, -0.25) is 9.48 Å². The zero-order valence-corrected chi connectivity index (χ0v) is 15.4. The molecule has 1 saturated carbocycles. The first kappa shape index (κ1) is 18.4. The lowest BCUT2D eigenvalue weighted by atomic mass is 9.63. The molecule has 0 spiro atoms. The van der Waals surface area contributed by atoms with Crippen molar-refractivity contribution in [3.8, 4) is 0 Å². The van der Waals surface area contributed by atoms with Crippen molar-refractivity contribution in [1.82, 2.24) is 24.9 Å². The molecule has 1 aromatic rings. The molecule has 140 valence electrons. The molecule has 1 aliphatic carbocycles. The van der Waals surface area contributed by atoms with Gasteiger partial charge in [-0.2, -0.15) is 5.10 Å². The number of aromatic nitrogens is 2. The molecule has 1 saturated heterocycles. The molecule has 7 nitrogen and oxygen atoms in total. The van der Waals surface area contributed by atoms with Crippen LogP contribution in [0, 0.1) is 5.41 Å². The van der Waals surface area contributed by atoms with Gasteiger partial charge in [0.1, 0.15) is 0 Å². The minimum Gasteiger partial charge on any atom is -0.396 e. The van der Waals surface area contributed by atoms with Crippen LogP contribution in [0.25, 0.3) is 0 Å². The van der Waals surface area contributed by atoms with Gasteiger partial charge in [-0.1, -0.05) is 6.42 Å². The number of likely N-dealkylation sites (N-methyl/N-ethyl adjacent to an activating group) is 1. The minimum absolute atomic E-state index is 0.0558. The van der Waals surface area contributed by atoms with Crippen LogP contribution in [-0.2, 0) is 11.8 Å². The summed E-state index contributed by atoms with van der Waals surface area (Å²) in [5.41, 5.74) is 0.989. The van der Waals surface area contributed by atoms with Crippen LogP contribution in [0.15, 0.2) is 12.4 Å². The van der Waals surface area contributed by atoms with E-state index in [0.29, 0.717) is 13.0 Å². The maximum Gasteiger partial charge on any atom is 0.223 e. The number of hydrogen-bond acceptors (Lipinski definition) is 5. The molecule has 7 heteroatoms. The average molecular weight is 349 g/mol. The second-order valence-corrected chi connectivity index (χ2v) is 7.64. The van der Waals surface area contributed by atoms with Crippen LogP contribution in [0.5, 0.6) is 0 Å². The third-order valence-electron chi connectivity index (χ3n) is 5.88.